The molecule has 4 rings (SSSR count). The van der Waals surface area contributed by atoms with E-state index >= 15 is 0 Å². The summed E-state index contributed by atoms with van der Waals surface area (Å²) in [5, 5.41) is 11.3. The molecule has 5 nitrogen and oxygen atoms in total. The highest BCUT2D eigenvalue weighted by atomic mass is 19.4. The Morgan fingerprint density at radius 2 is 1.40 bits per heavy atom. The number of carboxylic acid groups (broad SMARTS) is 1. The molecular weight excluding hydrogens is 526 g/mol. The van der Waals surface area contributed by atoms with Crippen LogP contribution in [-0.4, -0.2) is 29.9 Å². The summed E-state index contributed by atoms with van der Waals surface area (Å²) < 4.78 is 55.1. The van der Waals surface area contributed by atoms with Crippen molar-refractivity contribution in [2.45, 2.75) is 25.6 Å². The Balaban J connectivity index is 1.54. The molecule has 0 fully saturated rings. The molecule has 0 aliphatic carbocycles. The SMILES string of the molecule is O=C(O)CCNC(=O)c1ccc(CCc2cc(-c3ccc(OC(F)(F)F)cc3)ccc2-c2ccc(F)cc2)cc1. The number of hydrogen-bond acceptors (Lipinski definition) is 3. The first-order chi connectivity index (χ1) is 19.1. The van der Waals surface area contributed by atoms with E-state index in [0.717, 1.165) is 27.8 Å². The summed E-state index contributed by atoms with van der Waals surface area (Å²) in [6.07, 6.45) is -3.71. The summed E-state index contributed by atoms with van der Waals surface area (Å²) in [4.78, 5) is 22.8. The molecule has 0 unspecified atom stereocenters. The molecule has 0 spiro atoms. The maximum absolute atomic E-state index is 13.6. The first-order valence-corrected chi connectivity index (χ1v) is 12.4. The van der Waals surface area contributed by atoms with Gasteiger partial charge >= 0.3 is 12.3 Å². The van der Waals surface area contributed by atoms with Gasteiger partial charge in [-0.2, -0.15) is 0 Å². The molecule has 0 aromatic heterocycles. The molecule has 40 heavy (non-hydrogen) atoms. The number of hydrogen-bond donors (Lipinski definition) is 2. The number of alkyl halides is 3. The first kappa shape index (κ1) is 28.4. The fraction of sp³-hybridized carbons (Fsp3) is 0.161. The van der Waals surface area contributed by atoms with Gasteiger partial charge in [0.15, 0.2) is 0 Å². The van der Waals surface area contributed by atoms with Crippen LogP contribution in [0.2, 0.25) is 0 Å². The van der Waals surface area contributed by atoms with Gasteiger partial charge in [-0.15, -0.1) is 13.2 Å². The predicted octanol–water partition coefficient (Wildman–Crippen LogP) is 7.05. The second-order valence-electron chi connectivity index (χ2n) is 9.05. The molecular formula is C31H25F4NO4. The molecule has 0 saturated carbocycles. The third kappa shape index (κ3) is 7.92. The molecule has 4 aromatic rings. The number of amides is 1. The van der Waals surface area contributed by atoms with Crippen molar-refractivity contribution in [3.8, 4) is 28.0 Å². The third-order valence-corrected chi connectivity index (χ3v) is 6.21. The molecule has 0 heterocycles. The van der Waals surface area contributed by atoms with E-state index in [1.54, 1.807) is 36.4 Å². The molecule has 2 N–H and O–H groups in total. The highest BCUT2D eigenvalue weighted by molar-refractivity contribution is 5.94. The van der Waals surface area contributed by atoms with Crippen molar-refractivity contribution >= 4 is 11.9 Å². The average molecular weight is 552 g/mol. The number of aryl methyl sites for hydroxylation is 2. The van der Waals surface area contributed by atoms with Crippen LogP contribution in [-0.2, 0) is 17.6 Å². The summed E-state index contributed by atoms with van der Waals surface area (Å²) >= 11 is 0. The molecule has 0 atom stereocenters. The van der Waals surface area contributed by atoms with E-state index in [4.69, 9.17) is 5.11 Å². The van der Waals surface area contributed by atoms with Gasteiger partial charge in [-0.25, -0.2) is 4.39 Å². The Morgan fingerprint density at radius 3 is 2.02 bits per heavy atom. The lowest BCUT2D eigenvalue weighted by Crippen LogP contribution is -2.25. The highest BCUT2D eigenvalue weighted by Crippen LogP contribution is 2.32. The molecule has 0 saturated heterocycles. The van der Waals surface area contributed by atoms with Crippen molar-refractivity contribution in [2.75, 3.05) is 6.54 Å². The lowest BCUT2D eigenvalue weighted by Gasteiger charge is -2.14. The number of benzene rings is 4. The third-order valence-electron chi connectivity index (χ3n) is 6.21. The highest BCUT2D eigenvalue weighted by Gasteiger charge is 2.31. The van der Waals surface area contributed by atoms with Gasteiger partial charge in [-0.1, -0.05) is 54.6 Å². The quantitative estimate of drug-likeness (QED) is 0.207. The van der Waals surface area contributed by atoms with Crippen LogP contribution in [0.3, 0.4) is 0 Å². The number of nitrogens with one attached hydrogen (secondary N) is 1. The van der Waals surface area contributed by atoms with E-state index in [1.165, 1.54) is 24.3 Å². The Labute approximate surface area is 228 Å². The van der Waals surface area contributed by atoms with E-state index in [-0.39, 0.29) is 30.4 Å². The first-order valence-electron chi connectivity index (χ1n) is 12.4. The molecule has 4 aromatic carbocycles. The van der Waals surface area contributed by atoms with Gasteiger partial charge in [0.25, 0.3) is 5.91 Å². The standard InChI is InChI=1S/C31H25F4NO4/c32-26-12-7-22(8-13-26)28-16-11-24(21-9-14-27(15-10-21)40-31(33,34)35)19-25(28)6-3-20-1-4-23(5-2-20)30(39)36-18-17-29(37)38/h1-2,4-5,7-16,19H,3,6,17-18H2,(H,36,39)(H,37,38). The predicted molar refractivity (Wildman–Crippen MR) is 142 cm³/mol. The van der Waals surface area contributed by atoms with Crippen LogP contribution in [0.5, 0.6) is 5.75 Å². The largest absolute Gasteiger partial charge is 0.573 e. The van der Waals surface area contributed by atoms with E-state index in [9.17, 15) is 27.2 Å². The molecule has 0 bridgehead atoms. The van der Waals surface area contributed by atoms with E-state index < -0.39 is 12.3 Å². The Bertz CT molecular complexity index is 1470. The number of halogens is 4. The zero-order valence-corrected chi connectivity index (χ0v) is 21.2. The minimum atomic E-state index is -4.77. The van der Waals surface area contributed by atoms with Crippen molar-refractivity contribution in [3.63, 3.8) is 0 Å². The molecule has 1 amide bonds. The second-order valence-corrected chi connectivity index (χ2v) is 9.05. The van der Waals surface area contributed by atoms with Crippen LogP contribution in [0.1, 0.15) is 27.9 Å². The van der Waals surface area contributed by atoms with Crippen LogP contribution >= 0.6 is 0 Å². The monoisotopic (exact) mass is 551 g/mol. The molecule has 9 heteroatoms. The molecule has 206 valence electrons. The number of aliphatic carboxylic acids is 1. The van der Waals surface area contributed by atoms with E-state index in [1.807, 2.05) is 30.3 Å². The van der Waals surface area contributed by atoms with Crippen LogP contribution in [0.4, 0.5) is 17.6 Å². The summed E-state index contributed by atoms with van der Waals surface area (Å²) in [5.74, 6) is -2.01. The van der Waals surface area contributed by atoms with Crippen molar-refractivity contribution in [2.24, 2.45) is 0 Å². The van der Waals surface area contributed by atoms with Gasteiger partial charge in [0.2, 0.25) is 0 Å². The minimum absolute atomic E-state index is 0.0382. The number of rotatable bonds is 10. The van der Waals surface area contributed by atoms with Crippen LogP contribution < -0.4 is 10.1 Å². The van der Waals surface area contributed by atoms with Crippen LogP contribution in [0.25, 0.3) is 22.3 Å². The summed E-state index contributed by atoms with van der Waals surface area (Å²) in [7, 11) is 0. The van der Waals surface area contributed by atoms with Crippen molar-refractivity contribution in [1.29, 1.82) is 0 Å². The minimum Gasteiger partial charge on any atom is -0.481 e. The molecule has 0 aliphatic heterocycles. The summed E-state index contributed by atoms with van der Waals surface area (Å²) in [6.45, 7) is 0.0382. The zero-order chi connectivity index (χ0) is 28.7. The van der Waals surface area contributed by atoms with Crippen LogP contribution in [0, 0.1) is 5.82 Å². The fourth-order valence-electron chi connectivity index (χ4n) is 4.23. The zero-order valence-electron chi connectivity index (χ0n) is 21.2. The van der Waals surface area contributed by atoms with Gasteiger partial charge in [-0.3, -0.25) is 9.59 Å². The smallest absolute Gasteiger partial charge is 0.481 e. The Hall–Kier alpha value is -4.66. The number of ether oxygens (including phenoxy) is 1. The lowest BCUT2D eigenvalue weighted by atomic mass is 9.91. The average Bonchev–Trinajstić information content (AvgIpc) is 2.92. The van der Waals surface area contributed by atoms with Gasteiger partial charge in [0, 0.05) is 12.1 Å². The maximum atomic E-state index is 13.6. The fourth-order valence-corrected chi connectivity index (χ4v) is 4.23. The number of carboxylic acids is 1. The van der Waals surface area contributed by atoms with Crippen molar-refractivity contribution in [3.05, 3.63) is 114 Å². The Kier molecular flexibility index (Phi) is 8.83. The number of carbonyl (C=O) groups is 2. The second kappa shape index (κ2) is 12.5. The van der Waals surface area contributed by atoms with Crippen molar-refractivity contribution < 1.29 is 37.0 Å². The lowest BCUT2D eigenvalue weighted by molar-refractivity contribution is -0.274. The van der Waals surface area contributed by atoms with Gasteiger partial charge in [0.1, 0.15) is 11.6 Å². The van der Waals surface area contributed by atoms with E-state index in [2.05, 4.69) is 10.1 Å². The van der Waals surface area contributed by atoms with Gasteiger partial charge in [-0.05, 0) is 82.6 Å². The maximum Gasteiger partial charge on any atom is 0.573 e. The van der Waals surface area contributed by atoms with Crippen molar-refractivity contribution in [1.82, 2.24) is 5.32 Å². The number of carbonyl (C=O) groups excluding carboxylic acids is 1. The van der Waals surface area contributed by atoms with Crippen LogP contribution in [0.15, 0.2) is 91.0 Å². The summed E-state index contributed by atoms with van der Waals surface area (Å²) in [5.41, 5.74) is 5.57. The topological polar surface area (TPSA) is 75.6 Å². The van der Waals surface area contributed by atoms with E-state index in [0.29, 0.717) is 24.0 Å². The normalized spacial score (nSPS) is 11.2. The van der Waals surface area contributed by atoms with Gasteiger partial charge in [0.05, 0.1) is 6.42 Å². The van der Waals surface area contributed by atoms with Gasteiger partial charge < -0.3 is 15.2 Å². The molecule has 0 aliphatic rings. The summed E-state index contributed by atoms with van der Waals surface area (Å²) in [6, 6.07) is 24.5. The molecule has 0 radical (unpaired) electrons. The Morgan fingerprint density at radius 1 is 0.775 bits per heavy atom.